The third-order valence-electron chi connectivity index (χ3n) is 5.25. The molecule has 0 aromatic heterocycles. The largest absolute Gasteiger partial charge is 0.504 e. The molecule has 136 valence electrons. The number of fused-ring (bicyclic) bond motifs is 3. The smallest absolute Gasteiger partial charge is 0.169 e. The molecule has 2 N–H and O–H groups in total. The molecule has 1 heterocycles. The Labute approximate surface area is 151 Å². The van der Waals surface area contributed by atoms with Crippen LogP contribution in [-0.4, -0.2) is 22.4 Å². The summed E-state index contributed by atoms with van der Waals surface area (Å²) in [7, 11) is 0. The Morgan fingerprint density at radius 1 is 1.20 bits per heavy atom. The molecule has 2 atom stereocenters. The second kappa shape index (κ2) is 8.09. The van der Waals surface area contributed by atoms with Gasteiger partial charge in [-0.15, -0.1) is 0 Å². The van der Waals surface area contributed by atoms with Gasteiger partial charge in [0.15, 0.2) is 11.5 Å². The van der Waals surface area contributed by atoms with E-state index in [0.717, 1.165) is 28.7 Å². The number of phenolic OH excluding ortho intramolecular Hbond substituents is 1. The van der Waals surface area contributed by atoms with Gasteiger partial charge in [-0.2, -0.15) is 0 Å². The predicted molar refractivity (Wildman–Crippen MR) is 102 cm³/mol. The molecule has 3 heteroatoms. The lowest BCUT2D eigenvalue weighted by atomic mass is 9.95. The number of hydrogen-bond donors (Lipinski definition) is 2. The molecule has 0 saturated heterocycles. The average Bonchev–Trinajstić information content (AvgIpc) is 2.95. The Morgan fingerprint density at radius 3 is 2.80 bits per heavy atom. The highest BCUT2D eigenvalue weighted by atomic mass is 16.5. The maximum absolute atomic E-state index is 10.3. The summed E-state index contributed by atoms with van der Waals surface area (Å²) in [6.45, 7) is 4.31. The van der Waals surface area contributed by atoms with Crippen molar-refractivity contribution in [1.82, 2.24) is 0 Å². The number of phenols is 1. The van der Waals surface area contributed by atoms with E-state index >= 15 is 0 Å². The Morgan fingerprint density at radius 2 is 2.00 bits per heavy atom. The molecule has 3 nitrogen and oxygen atoms in total. The maximum atomic E-state index is 10.3. The van der Waals surface area contributed by atoms with Crippen LogP contribution in [0.3, 0.4) is 0 Å². The SMILES string of the molecule is CCCCCCC/C=C/[C@H]1Oc2c(O)cc3c(c2C=C1C)CC(O)C3. The number of aliphatic hydroxyl groups is 1. The average molecular weight is 342 g/mol. The van der Waals surface area contributed by atoms with Gasteiger partial charge in [0.25, 0.3) is 0 Å². The molecular weight excluding hydrogens is 312 g/mol. The second-order valence-corrected chi connectivity index (χ2v) is 7.40. The maximum Gasteiger partial charge on any atom is 0.169 e. The fourth-order valence-corrected chi connectivity index (χ4v) is 3.83. The van der Waals surface area contributed by atoms with Gasteiger partial charge in [-0.05, 0) is 67.5 Å². The molecule has 1 aromatic carbocycles. The van der Waals surface area contributed by atoms with Crippen LogP contribution >= 0.6 is 0 Å². The first-order chi connectivity index (χ1) is 12.1. The van der Waals surface area contributed by atoms with Crippen LogP contribution in [0.1, 0.15) is 69.1 Å². The van der Waals surface area contributed by atoms with E-state index in [-0.39, 0.29) is 18.0 Å². The lowest BCUT2D eigenvalue weighted by Crippen LogP contribution is -2.19. The number of benzene rings is 1. The molecule has 1 unspecified atom stereocenters. The van der Waals surface area contributed by atoms with Crippen molar-refractivity contribution in [3.8, 4) is 11.5 Å². The molecule has 2 aliphatic rings. The number of allylic oxidation sites excluding steroid dienone is 1. The van der Waals surface area contributed by atoms with Crippen LogP contribution in [0.5, 0.6) is 11.5 Å². The van der Waals surface area contributed by atoms with E-state index < -0.39 is 0 Å². The van der Waals surface area contributed by atoms with E-state index in [4.69, 9.17) is 4.74 Å². The lowest BCUT2D eigenvalue weighted by Gasteiger charge is -2.26. The van der Waals surface area contributed by atoms with Crippen LogP contribution in [0.15, 0.2) is 23.8 Å². The lowest BCUT2D eigenvalue weighted by molar-refractivity contribution is 0.187. The van der Waals surface area contributed by atoms with Crippen molar-refractivity contribution in [2.45, 2.75) is 77.4 Å². The Hall–Kier alpha value is -1.74. The second-order valence-electron chi connectivity index (χ2n) is 7.40. The standard InChI is InChI=1S/C22H30O3/c1-3-4-5-6-7-8-9-10-21-15(2)11-19-18-14-17(23)12-16(18)13-20(24)22(19)25-21/h9-11,13,17,21,23-24H,3-8,12,14H2,1-2H3/b10-9+/t17?,21-/m1/s1. The number of rotatable bonds is 7. The van der Waals surface area contributed by atoms with Gasteiger partial charge in [0.05, 0.1) is 6.10 Å². The molecule has 0 amide bonds. The van der Waals surface area contributed by atoms with Crippen molar-refractivity contribution in [1.29, 1.82) is 0 Å². The third-order valence-corrected chi connectivity index (χ3v) is 5.25. The molecule has 3 rings (SSSR count). The van der Waals surface area contributed by atoms with Crippen LogP contribution in [0.2, 0.25) is 0 Å². The van der Waals surface area contributed by atoms with Crippen LogP contribution in [0.25, 0.3) is 6.08 Å². The molecule has 1 aliphatic carbocycles. The summed E-state index contributed by atoms with van der Waals surface area (Å²) < 4.78 is 6.09. The van der Waals surface area contributed by atoms with Gasteiger partial charge in [0, 0.05) is 5.56 Å². The highest BCUT2D eigenvalue weighted by Gasteiger charge is 2.29. The van der Waals surface area contributed by atoms with Gasteiger partial charge in [-0.25, -0.2) is 0 Å². The fourth-order valence-electron chi connectivity index (χ4n) is 3.83. The first kappa shape index (κ1) is 18.1. The molecule has 0 saturated carbocycles. The van der Waals surface area contributed by atoms with Crippen LogP contribution in [-0.2, 0) is 12.8 Å². The minimum atomic E-state index is -0.347. The summed E-state index contributed by atoms with van der Waals surface area (Å²) in [6.07, 6.45) is 14.7. The van der Waals surface area contributed by atoms with Crippen molar-refractivity contribution < 1.29 is 14.9 Å². The van der Waals surface area contributed by atoms with Gasteiger partial charge >= 0.3 is 0 Å². The normalized spacial score (nSPS) is 21.8. The van der Waals surface area contributed by atoms with Crippen molar-refractivity contribution in [3.05, 3.63) is 40.5 Å². The molecule has 0 spiro atoms. The summed E-state index contributed by atoms with van der Waals surface area (Å²) >= 11 is 0. The molecule has 0 bridgehead atoms. The third kappa shape index (κ3) is 4.09. The number of unbranched alkanes of at least 4 members (excludes halogenated alkanes) is 5. The quantitative estimate of drug-likeness (QED) is 0.545. The number of ether oxygens (including phenoxy) is 1. The number of aliphatic hydroxyl groups excluding tert-OH is 1. The molecule has 1 aromatic rings. The molecular formula is C22H30O3. The van der Waals surface area contributed by atoms with Gasteiger partial charge < -0.3 is 14.9 Å². The van der Waals surface area contributed by atoms with E-state index in [1.165, 1.54) is 32.1 Å². The van der Waals surface area contributed by atoms with Gasteiger partial charge in [0.1, 0.15) is 6.10 Å². The molecule has 0 radical (unpaired) electrons. The van der Waals surface area contributed by atoms with E-state index in [2.05, 4.69) is 32.1 Å². The van der Waals surface area contributed by atoms with Crippen LogP contribution in [0.4, 0.5) is 0 Å². The zero-order chi connectivity index (χ0) is 17.8. The Balaban J connectivity index is 1.67. The number of hydrogen-bond acceptors (Lipinski definition) is 3. The van der Waals surface area contributed by atoms with Crippen LogP contribution in [0, 0.1) is 0 Å². The molecule has 1 aliphatic heterocycles. The first-order valence-electron chi connectivity index (χ1n) is 9.67. The van der Waals surface area contributed by atoms with Crippen molar-refractivity contribution >= 4 is 6.08 Å². The van der Waals surface area contributed by atoms with Crippen LogP contribution < -0.4 is 4.74 Å². The first-order valence-corrected chi connectivity index (χ1v) is 9.67. The van der Waals surface area contributed by atoms with E-state index in [1.807, 2.05) is 0 Å². The van der Waals surface area contributed by atoms with Crippen molar-refractivity contribution in [2.24, 2.45) is 0 Å². The monoisotopic (exact) mass is 342 g/mol. The zero-order valence-corrected chi connectivity index (χ0v) is 15.4. The van der Waals surface area contributed by atoms with Gasteiger partial charge in [0.2, 0.25) is 0 Å². The molecule has 0 fully saturated rings. The molecule has 25 heavy (non-hydrogen) atoms. The van der Waals surface area contributed by atoms with E-state index in [0.29, 0.717) is 18.6 Å². The predicted octanol–water partition coefficient (Wildman–Crippen LogP) is 4.93. The summed E-state index contributed by atoms with van der Waals surface area (Å²) in [5.41, 5.74) is 4.26. The highest BCUT2D eigenvalue weighted by Crippen LogP contribution is 2.43. The summed E-state index contributed by atoms with van der Waals surface area (Å²) in [5, 5.41) is 20.3. The van der Waals surface area contributed by atoms with Gasteiger partial charge in [-0.1, -0.05) is 38.7 Å². The Kier molecular flexibility index (Phi) is 5.85. The minimum Gasteiger partial charge on any atom is -0.504 e. The zero-order valence-electron chi connectivity index (χ0n) is 15.4. The van der Waals surface area contributed by atoms with Crippen molar-refractivity contribution in [2.75, 3.05) is 0 Å². The van der Waals surface area contributed by atoms with E-state index in [1.54, 1.807) is 6.07 Å². The minimum absolute atomic E-state index is 0.113. The topological polar surface area (TPSA) is 49.7 Å². The fraction of sp³-hybridized carbons (Fsp3) is 0.545. The van der Waals surface area contributed by atoms with Crippen molar-refractivity contribution in [3.63, 3.8) is 0 Å². The summed E-state index contributed by atoms with van der Waals surface area (Å²) in [5.74, 6) is 0.751. The highest BCUT2D eigenvalue weighted by molar-refractivity contribution is 5.72. The number of aromatic hydroxyl groups is 1. The Bertz CT molecular complexity index is 672. The summed E-state index contributed by atoms with van der Waals surface area (Å²) in [4.78, 5) is 0. The van der Waals surface area contributed by atoms with E-state index in [9.17, 15) is 10.2 Å². The summed E-state index contributed by atoms with van der Waals surface area (Å²) in [6, 6.07) is 1.76. The van der Waals surface area contributed by atoms with Gasteiger partial charge in [-0.3, -0.25) is 0 Å².